The summed E-state index contributed by atoms with van der Waals surface area (Å²) >= 11 is 0. The molecule has 9 nitrogen and oxygen atoms in total. The van der Waals surface area contributed by atoms with Crippen LogP contribution in [0.25, 0.3) is 0 Å². The average molecular weight is 582 g/mol. The Labute approximate surface area is 243 Å². The third-order valence-corrected chi connectivity index (χ3v) is 7.44. The smallest absolute Gasteiger partial charge is 0.244 e. The van der Waals surface area contributed by atoms with Crippen LogP contribution in [0.3, 0.4) is 0 Å². The molecule has 0 aliphatic heterocycles. The largest absolute Gasteiger partial charge is 0.497 e. The van der Waals surface area contributed by atoms with Crippen LogP contribution in [-0.4, -0.2) is 63.7 Å². The maximum atomic E-state index is 14.1. The van der Waals surface area contributed by atoms with Crippen LogP contribution in [-0.2, 0) is 32.6 Å². The monoisotopic (exact) mass is 581 g/mol. The molecule has 0 spiro atoms. The highest BCUT2D eigenvalue weighted by Crippen LogP contribution is 2.24. The number of sulfonamides is 1. The highest BCUT2D eigenvalue weighted by atomic mass is 32.2. The molecule has 1 N–H and O–H groups in total. The number of amides is 2. The molecule has 0 radical (unpaired) electrons. The second-order valence-corrected chi connectivity index (χ2v) is 11.8. The predicted molar refractivity (Wildman–Crippen MR) is 161 cm³/mol. The number of benzene rings is 3. The van der Waals surface area contributed by atoms with Crippen molar-refractivity contribution in [2.24, 2.45) is 0 Å². The minimum Gasteiger partial charge on any atom is -0.497 e. The molecule has 2 amide bonds. The topological polar surface area (TPSA) is 105 Å². The van der Waals surface area contributed by atoms with Crippen LogP contribution in [0.2, 0.25) is 0 Å². The summed E-state index contributed by atoms with van der Waals surface area (Å²) in [6, 6.07) is 22.1. The van der Waals surface area contributed by atoms with Gasteiger partial charge in [0.1, 0.15) is 24.1 Å². The first kappa shape index (κ1) is 31.5. The van der Waals surface area contributed by atoms with Crippen LogP contribution >= 0.6 is 0 Å². The van der Waals surface area contributed by atoms with E-state index in [4.69, 9.17) is 9.47 Å². The molecule has 3 rings (SSSR count). The molecule has 3 aromatic carbocycles. The van der Waals surface area contributed by atoms with Gasteiger partial charge < -0.3 is 19.7 Å². The number of anilines is 1. The van der Waals surface area contributed by atoms with Crippen molar-refractivity contribution < 1.29 is 27.5 Å². The van der Waals surface area contributed by atoms with Crippen molar-refractivity contribution in [3.8, 4) is 11.5 Å². The van der Waals surface area contributed by atoms with Gasteiger partial charge in [-0.2, -0.15) is 0 Å². The zero-order valence-corrected chi connectivity index (χ0v) is 25.1. The van der Waals surface area contributed by atoms with E-state index >= 15 is 0 Å². The molecule has 10 heteroatoms. The number of carbonyl (C=O) groups excluding carboxylic acids is 2. The first-order chi connectivity index (χ1) is 19.5. The lowest BCUT2D eigenvalue weighted by Crippen LogP contribution is -2.54. The SMILES string of the molecule is CCOc1ccc(N(CC(=O)N(Cc2cccc(OC)c2)[C@@H](Cc2ccccc2)C(=O)NC(C)C)S(C)(=O)=O)cc1. The predicted octanol–water partition coefficient (Wildman–Crippen LogP) is 4.02. The van der Waals surface area contributed by atoms with Crippen LogP contribution in [0.4, 0.5) is 5.69 Å². The summed E-state index contributed by atoms with van der Waals surface area (Å²) < 4.78 is 37.7. The zero-order chi connectivity index (χ0) is 30.0. The van der Waals surface area contributed by atoms with Crippen molar-refractivity contribution in [1.82, 2.24) is 10.2 Å². The molecular formula is C31H39N3O6S. The summed E-state index contributed by atoms with van der Waals surface area (Å²) in [6.45, 7) is 5.60. The van der Waals surface area contributed by atoms with Crippen molar-refractivity contribution in [2.45, 2.75) is 45.8 Å². The molecule has 3 aromatic rings. The highest BCUT2D eigenvalue weighted by Gasteiger charge is 2.33. The van der Waals surface area contributed by atoms with E-state index in [1.165, 1.54) is 4.90 Å². The van der Waals surface area contributed by atoms with Crippen LogP contribution in [0.15, 0.2) is 78.9 Å². The molecule has 0 bridgehead atoms. The summed E-state index contributed by atoms with van der Waals surface area (Å²) in [7, 11) is -2.30. The van der Waals surface area contributed by atoms with Gasteiger partial charge in [0.05, 0.1) is 25.7 Å². The minimum atomic E-state index is -3.85. The van der Waals surface area contributed by atoms with E-state index in [-0.39, 0.29) is 24.9 Å². The number of ether oxygens (including phenoxy) is 2. The molecule has 0 aliphatic carbocycles. The molecule has 220 valence electrons. The zero-order valence-electron chi connectivity index (χ0n) is 24.2. The number of hydrogen-bond acceptors (Lipinski definition) is 6. The Balaban J connectivity index is 2.04. The van der Waals surface area contributed by atoms with E-state index in [2.05, 4.69) is 5.32 Å². The fraction of sp³-hybridized carbons (Fsp3) is 0.355. The number of nitrogens with one attached hydrogen (secondary N) is 1. The van der Waals surface area contributed by atoms with Gasteiger partial charge in [-0.1, -0.05) is 42.5 Å². The molecule has 0 saturated heterocycles. The Morgan fingerprint density at radius 3 is 2.15 bits per heavy atom. The van der Waals surface area contributed by atoms with Crippen LogP contribution in [0, 0.1) is 0 Å². The van der Waals surface area contributed by atoms with Crippen LogP contribution in [0.5, 0.6) is 11.5 Å². The minimum absolute atomic E-state index is 0.0694. The van der Waals surface area contributed by atoms with E-state index in [0.29, 0.717) is 23.8 Å². The number of carbonyl (C=O) groups is 2. The first-order valence-corrected chi connectivity index (χ1v) is 15.3. The standard InChI is InChI=1S/C31H39N3O6S/c1-6-40-27-17-15-26(16-18-27)34(41(5,37)38)22-30(35)33(21-25-13-10-14-28(19-25)39-4)29(31(36)32-23(2)3)20-24-11-8-7-9-12-24/h7-19,23,29H,6,20-22H2,1-5H3,(H,32,36)/t29-/m0/s1. The Morgan fingerprint density at radius 2 is 1.56 bits per heavy atom. The van der Waals surface area contributed by atoms with Gasteiger partial charge in [0, 0.05) is 19.0 Å². The van der Waals surface area contributed by atoms with Gasteiger partial charge in [-0.15, -0.1) is 0 Å². The van der Waals surface area contributed by atoms with Gasteiger partial charge in [0.25, 0.3) is 0 Å². The van der Waals surface area contributed by atoms with E-state index in [1.54, 1.807) is 49.6 Å². The number of nitrogens with zero attached hydrogens (tertiary/aromatic N) is 2. The summed E-state index contributed by atoms with van der Waals surface area (Å²) in [4.78, 5) is 29.2. The molecule has 0 saturated carbocycles. The third-order valence-electron chi connectivity index (χ3n) is 6.30. The van der Waals surface area contributed by atoms with E-state index in [1.807, 2.05) is 57.2 Å². The summed E-state index contributed by atoms with van der Waals surface area (Å²) in [6.07, 6.45) is 1.30. The van der Waals surface area contributed by atoms with E-state index in [0.717, 1.165) is 21.7 Å². The normalized spacial score (nSPS) is 12.0. The van der Waals surface area contributed by atoms with Crippen molar-refractivity contribution in [3.05, 3.63) is 90.0 Å². The van der Waals surface area contributed by atoms with Gasteiger partial charge in [-0.25, -0.2) is 8.42 Å². The average Bonchev–Trinajstić information content (AvgIpc) is 2.94. The molecule has 41 heavy (non-hydrogen) atoms. The fourth-order valence-electron chi connectivity index (χ4n) is 4.39. The fourth-order valence-corrected chi connectivity index (χ4v) is 5.24. The van der Waals surface area contributed by atoms with Crippen molar-refractivity contribution in [1.29, 1.82) is 0 Å². The lowest BCUT2D eigenvalue weighted by Gasteiger charge is -2.34. The number of hydrogen-bond donors (Lipinski definition) is 1. The Bertz CT molecular complexity index is 1390. The Kier molecular flexibility index (Phi) is 11.2. The van der Waals surface area contributed by atoms with Gasteiger partial charge in [-0.05, 0) is 68.3 Å². The first-order valence-electron chi connectivity index (χ1n) is 13.5. The van der Waals surface area contributed by atoms with Crippen LogP contribution < -0.4 is 19.1 Å². The summed E-state index contributed by atoms with van der Waals surface area (Å²) in [5.74, 6) is 0.344. The third kappa shape index (κ3) is 9.24. The lowest BCUT2D eigenvalue weighted by atomic mass is 10.0. The molecule has 0 unspecified atom stereocenters. The number of rotatable bonds is 14. The molecule has 0 heterocycles. The van der Waals surface area contributed by atoms with Gasteiger partial charge in [0.2, 0.25) is 21.8 Å². The Morgan fingerprint density at radius 1 is 0.902 bits per heavy atom. The summed E-state index contributed by atoms with van der Waals surface area (Å²) in [5.41, 5.74) is 1.92. The molecular weight excluding hydrogens is 542 g/mol. The van der Waals surface area contributed by atoms with Crippen molar-refractivity contribution in [3.63, 3.8) is 0 Å². The van der Waals surface area contributed by atoms with Crippen molar-refractivity contribution >= 4 is 27.5 Å². The second kappa shape index (κ2) is 14.5. The van der Waals surface area contributed by atoms with E-state index in [9.17, 15) is 18.0 Å². The molecule has 1 atom stereocenters. The second-order valence-electron chi connectivity index (χ2n) is 9.94. The molecule has 0 aliphatic rings. The quantitative estimate of drug-likeness (QED) is 0.308. The van der Waals surface area contributed by atoms with Gasteiger partial charge >= 0.3 is 0 Å². The maximum absolute atomic E-state index is 14.1. The van der Waals surface area contributed by atoms with E-state index < -0.39 is 28.5 Å². The maximum Gasteiger partial charge on any atom is 0.244 e. The molecule has 0 fully saturated rings. The number of methoxy groups -OCH3 is 1. The lowest BCUT2D eigenvalue weighted by molar-refractivity contribution is -0.140. The molecule has 0 aromatic heterocycles. The van der Waals surface area contributed by atoms with Crippen LogP contribution in [0.1, 0.15) is 31.9 Å². The van der Waals surface area contributed by atoms with Crippen molar-refractivity contribution in [2.75, 3.05) is 30.8 Å². The highest BCUT2D eigenvalue weighted by molar-refractivity contribution is 7.92. The van der Waals surface area contributed by atoms with Gasteiger partial charge in [0.15, 0.2) is 0 Å². The van der Waals surface area contributed by atoms with Gasteiger partial charge in [-0.3, -0.25) is 13.9 Å². The Hall–Kier alpha value is -4.05. The summed E-state index contributed by atoms with van der Waals surface area (Å²) in [5, 5.41) is 2.94.